The summed E-state index contributed by atoms with van der Waals surface area (Å²) in [6.07, 6.45) is 0. The summed E-state index contributed by atoms with van der Waals surface area (Å²) >= 11 is 1.36. The highest BCUT2D eigenvalue weighted by Gasteiger charge is 2.15. The smallest absolute Gasteiger partial charge is 0.237 e. The Hall–Kier alpha value is -3.26. The molecular weight excluding hydrogens is 388 g/mol. The molecule has 0 aliphatic rings. The highest BCUT2D eigenvalue weighted by Crippen LogP contribution is 2.29. The third-order valence-corrected chi connectivity index (χ3v) is 5.10. The molecule has 0 fully saturated rings. The Morgan fingerprint density at radius 3 is 2.72 bits per heavy atom. The van der Waals surface area contributed by atoms with E-state index >= 15 is 0 Å². The number of hydrogen-bond donors (Lipinski definition) is 1. The summed E-state index contributed by atoms with van der Waals surface area (Å²) in [6.45, 7) is 4.37. The van der Waals surface area contributed by atoms with Crippen LogP contribution in [0.2, 0.25) is 0 Å². The number of benzene rings is 2. The summed E-state index contributed by atoms with van der Waals surface area (Å²) < 4.78 is 12.6. The second kappa shape index (κ2) is 8.40. The van der Waals surface area contributed by atoms with Crippen LogP contribution in [0.15, 0.2) is 64.3 Å². The zero-order valence-corrected chi connectivity index (χ0v) is 16.9. The number of ether oxygens (including phenoxy) is 1. The molecular formula is C21H20N4O3S. The van der Waals surface area contributed by atoms with Crippen LogP contribution in [-0.2, 0) is 4.79 Å². The van der Waals surface area contributed by atoms with Crippen LogP contribution in [0, 0.1) is 6.92 Å². The van der Waals surface area contributed by atoms with Gasteiger partial charge in [-0.15, -0.1) is 0 Å². The Morgan fingerprint density at radius 1 is 1.21 bits per heavy atom. The minimum absolute atomic E-state index is 0.184. The molecule has 148 valence electrons. The summed E-state index contributed by atoms with van der Waals surface area (Å²) in [5, 5.41) is 7.21. The fraction of sp³-hybridized carbons (Fsp3) is 0.190. The van der Waals surface area contributed by atoms with E-state index in [1.807, 2.05) is 60.0 Å². The third kappa shape index (κ3) is 4.27. The lowest BCUT2D eigenvalue weighted by Gasteiger charge is -2.10. The topological polar surface area (TPSA) is 82.2 Å². The molecule has 2 heterocycles. The maximum absolute atomic E-state index is 12.3. The molecule has 7 nitrogen and oxygen atoms in total. The molecule has 0 atom stereocenters. The van der Waals surface area contributed by atoms with Gasteiger partial charge in [0.05, 0.1) is 29.1 Å². The molecule has 0 saturated heterocycles. The number of fused-ring (bicyclic) bond motifs is 1. The highest BCUT2D eigenvalue weighted by molar-refractivity contribution is 7.99. The normalized spacial score (nSPS) is 11.0. The van der Waals surface area contributed by atoms with Crippen molar-refractivity contribution in [1.29, 1.82) is 0 Å². The lowest BCUT2D eigenvalue weighted by molar-refractivity contribution is -0.113. The first-order chi connectivity index (χ1) is 14.1. The van der Waals surface area contributed by atoms with E-state index in [9.17, 15) is 4.79 Å². The van der Waals surface area contributed by atoms with Gasteiger partial charge in [0.15, 0.2) is 5.16 Å². The van der Waals surface area contributed by atoms with Crippen LogP contribution in [0.25, 0.3) is 16.7 Å². The van der Waals surface area contributed by atoms with E-state index in [0.717, 1.165) is 27.6 Å². The number of hydrogen-bond acceptors (Lipinski definition) is 6. The summed E-state index contributed by atoms with van der Waals surface area (Å²) in [7, 11) is 0. The molecule has 8 heteroatoms. The van der Waals surface area contributed by atoms with E-state index in [1.165, 1.54) is 11.8 Å². The van der Waals surface area contributed by atoms with Gasteiger partial charge in [0.25, 0.3) is 0 Å². The lowest BCUT2D eigenvalue weighted by Crippen LogP contribution is -2.14. The second-order valence-electron chi connectivity index (χ2n) is 6.31. The molecule has 1 N–H and O–H groups in total. The van der Waals surface area contributed by atoms with Gasteiger partial charge in [-0.1, -0.05) is 29.1 Å². The van der Waals surface area contributed by atoms with Crippen molar-refractivity contribution in [2.75, 3.05) is 17.7 Å². The molecule has 0 aliphatic carbocycles. The summed E-state index contributed by atoms with van der Waals surface area (Å²) in [6, 6.07) is 17.4. The van der Waals surface area contributed by atoms with E-state index in [2.05, 4.69) is 10.5 Å². The Kier molecular flexibility index (Phi) is 5.53. The average molecular weight is 408 g/mol. The van der Waals surface area contributed by atoms with E-state index in [0.29, 0.717) is 18.2 Å². The number of nitrogens with zero attached hydrogens (tertiary/aromatic N) is 3. The standard InChI is InChI=1S/C21H20N4O3S/c1-3-27-16-10-8-15(9-11-16)25-18-7-5-4-6-17(18)22-21(25)29-13-19(26)23-20-12-14(2)24-28-20/h4-12H,3,13H2,1-2H3,(H,23,26). The molecule has 1 amide bonds. The van der Waals surface area contributed by atoms with Crippen LogP contribution in [0.1, 0.15) is 12.6 Å². The Morgan fingerprint density at radius 2 is 2.00 bits per heavy atom. The van der Waals surface area contributed by atoms with Gasteiger partial charge < -0.3 is 9.26 Å². The average Bonchev–Trinajstić information content (AvgIpc) is 3.30. The fourth-order valence-electron chi connectivity index (χ4n) is 2.93. The number of anilines is 1. The Labute approximate surface area is 172 Å². The number of carbonyl (C=O) groups is 1. The van der Waals surface area contributed by atoms with Crippen LogP contribution in [0.4, 0.5) is 5.88 Å². The quantitative estimate of drug-likeness (QED) is 0.455. The van der Waals surface area contributed by atoms with Crippen molar-refractivity contribution >= 4 is 34.6 Å². The van der Waals surface area contributed by atoms with Gasteiger partial charge in [-0.2, -0.15) is 0 Å². The zero-order valence-electron chi connectivity index (χ0n) is 16.1. The van der Waals surface area contributed by atoms with Gasteiger partial charge in [-0.25, -0.2) is 4.98 Å². The zero-order chi connectivity index (χ0) is 20.2. The summed E-state index contributed by atoms with van der Waals surface area (Å²) in [4.78, 5) is 17.0. The molecule has 4 aromatic rings. The molecule has 29 heavy (non-hydrogen) atoms. The van der Waals surface area contributed by atoms with Crippen molar-refractivity contribution in [2.24, 2.45) is 0 Å². The van der Waals surface area contributed by atoms with Crippen molar-refractivity contribution in [2.45, 2.75) is 19.0 Å². The highest BCUT2D eigenvalue weighted by atomic mass is 32.2. The van der Waals surface area contributed by atoms with Crippen LogP contribution < -0.4 is 10.1 Å². The number of imidazole rings is 1. The number of aromatic nitrogens is 3. The van der Waals surface area contributed by atoms with Gasteiger partial charge >= 0.3 is 0 Å². The lowest BCUT2D eigenvalue weighted by atomic mass is 10.2. The monoisotopic (exact) mass is 408 g/mol. The number of aryl methyl sites for hydroxylation is 1. The van der Waals surface area contributed by atoms with Crippen molar-refractivity contribution in [3.05, 3.63) is 60.3 Å². The number of nitrogens with one attached hydrogen (secondary N) is 1. The van der Waals surface area contributed by atoms with E-state index in [4.69, 9.17) is 14.2 Å². The predicted molar refractivity (Wildman–Crippen MR) is 113 cm³/mol. The number of rotatable bonds is 7. The van der Waals surface area contributed by atoms with E-state index < -0.39 is 0 Å². The number of carbonyl (C=O) groups excluding carboxylic acids is 1. The first-order valence-corrected chi connectivity index (χ1v) is 10.2. The van der Waals surface area contributed by atoms with Crippen molar-refractivity contribution in [1.82, 2.24) is 14.7 Å². The van der Waals surface area contributed by atoms with Gasteiger partial charge in [0, 0.05) is 11.8 Å². The SMILES string of the molecule is CCOc1ccc(-n2c(SCC(=O)Nc3cc(C)no3)nc3ccccc32)cc1. The summed E-state index contributed by atoms with van der Waals surface area (Å²) in [5.41, 5.74) is 3.52. The van der Waals surface area contributed by atoms with Crippen LogP contribution in [0.3, 0.4) is 0 Å². The first kappa shape index (κ1) is 19.1. The molecule has 0 aliphatic heterocycles. The van der Waals surface area contributed by atoms with Crippen LogP contribution in [0.5, 0.6) is 5.75 Å². The molecule has 0 unspecified atom stereocenters. The molecule has 2 aromatic carbocycles. The minimum Gasteiger partial charge on any atom is -0.494 e. The fourth-order valence-corrected chi connectivity index (χ4v) is 3.76. The number of thioether (sulfide) groups is 1. The van der Waals surface area contributed by atoms with E-state index in [-0.39, 0.29) is 11.7 Å². The van der Waals surface area contributed by atoms with Crippen LogP contribution >= 0.6 is 11.8 Å². The largest absolute Gasteiger partial charge is 0.494 e. The third-order valence-electron chi connectivity index (χ3n) is 4.16. The maximum atomic E-state index is 12.3. The maximum Gasteiger partial charge on any atom is 0.237 e. The predicted octanol–water partition coefficient (Wildman–Crippen LogP) is 4.45. The molecule has 2 aromatic heterocycles. The minimum atomic E-state index is -0.184. The van der Waals surface area contributed by atoms with Crippen molar-refractivity contribution in [3.63, 3.8) is 0 Å². The van der Waals surface area contributed by atoms with Crippen molar-refractivity contribution < 1.29 is 14.1 Å². The Bertz CT molecular complexity index is 1130. The van der Waals surface area contributed by atoms with Gasteiger partial charge in [0.2, 0.25) is 11.8 Å². The van der Waals surface area contributed by atoms with Crippen LogP contribution in [-0.4, -0.2) is 33.0 Å². The number of amides is 1. The second-order valence-corrected chi connectivity index (χ2v) is 7.26. The first-order valence-electron chi connectivity index (χ1n) is 9.20. The van der Waals surface area contributed by atoms with Crippen molar-refractivity contribution in [3.8, 4) is 11.4 Å². The molecule has 0 bridgehead atoms. The molecule has 0 spiro atoms. The molecule has 4 rings (SSSR count). The molecule has 0 radical (unpaired) electrons. The summed E-state index contributed by atoms with van der Waals surface area (Å²) in [5.74, 6) is 1.17. The van der Waals surface area contributed by atoms with Gasteiger partial charge in [-0.3, -0.25) is 14.7 Å². The number of para-hydroxylation sites is 2. The van der Waals surface area contributed by atoms with Gasteiger partial charge in [-0.05, 0) is 50.2 Å². The van der Waals surface area contributed by atoms with Gasteiger partial charge in [0.1, 0.15) is 5.75 Å². The Balaban J connectivity index is 1.58. The van der Waals surface area contributed by atoms with E-state index in [1.54, 1.807) is 13.0 Å². The molecule has 0 saturated carbocycles.